The highest BCUT2D eigenvalue weighted by Gasteiger charge is 2.30. The summed E-state index contributed by atoms with van der Waals surface area (Å²) >= 11 is 0. The highest BCUT2D eigenvalue weighted by atomic mass is 16.2. The van der Waals surface area contributed by atoms with Crippen molar-refractivity contribution in [2.75, 3.05) is 18.1 Å². The molecule has 1 aromatic rings. The Labute approximate surface area is 127 Å². The van der Waals surface area contributed by atoms with Crippen LogP contribution in [-0.2, 0) is 13.6 Å². The number of hydrogen-bond acceptors (Lipinski definition) is 4. The molecule has 5 heteroatoms. The summed E-state index contributed by atoms with van der Waals surface area (Å²) in [4.78, 5) is 2.53. The lowest BCUT2D eigenvalue weighted by Crippen LogP contribution is -2.32. The fourth-order valence-electron chi connectivity index (χ4n) is 3.53. The number of hydrogen-bond donors (Lipinski definition) is 2. The lowest BCUT2D eigenvalue weighted by molar-refractivity contribution is 0.279. The van der Waals surface area contributed by atoms with Gasteiger partial charge < -0.3 is 15.3 Å². The molecule has 2 N–H and O–H groups in total. The monoisotopic (exact) mass is 292 g/mol. The van der Waals surface area contributed by atoms with E-state index in [4.69, 9.17) is 5.11 Å². The number of aromatic nitrogens is 2. The highest BCUT2D eigenvalue weighted by molar-refractivity contribution is 5.52. The zero-order valence-corrected chi connectivity index (χ0v) is 13.3. The summed E-state index contributed by atoms with van der Waals surface area (Å²) in [7, 11) is 2.06. The molecule has 1 aliphatic heterocycles. The SMILES string of the molecule is Cc1nn(C)c(N2CCCC2CCCO)c1CNC1CC1. The van der Waals surface area contributed by atoms with Crippen molar-refractivity contribution in [3.05, 3.63) is 11.3 Å². The summed E-state index contributed by atoms with van der Waals surface area (Å²) in [5.74, 6) is 1.29. The molecule has 2 aliphatic rings. The van der Waals surface area contributed by atoms with Crippen molar-refractivity contribution in [1.29, 1.82) is 0 Å². The smallest absolute Gasteiger partial charge is 0.131 e. The Balaban J connectivity index is 1.78. The van der Waals surface area contributed by atoms with Gasteiger partial charge in [0.15, 0.2) is 0 Å². The van der Waals surface area contributed by atoms with Crippen LogP contribution in [0.15, 0.2) is 0 Å². The molecule has 118 valence electrons. The van der Waals surface area contributed by atoms with E-state index in [9.17, 15) is 0 Å². The first-order chi connectivity index (χ1) is 10.2. The first kappa shape index (κ1) is 14.9. The van der Waals surface area contributed by atoms with Gasteiger partial charge in [-0.25, -0.2) is 0 Å². The summed E-state index contributed by atoms with van der Waals surface area (Å²) < 4.78 is 2.05. The Morgan fingerprint density at radius 2 is 2.14 bits per heavy atom. The Kier molecular flexibility index (Phi) is 4.50. The molecule has 0 aromatic carbocycles. The normalized spacial score (nSPS) is 22.2. The van der Waals surface area contributed by atoms with Crippen molar-refractivity contribution in [2.24, 2.45) is 7.05 Å². The van der Waals surface area contributed by atoms with Crippen molar-refractivity contribution in [3.63, 3.8) is 0 Å². The molecule has 1 unspecified atom stereocenters. The maximum absolute atomic E-state index is 9.10. The average Bonchev–Trinajstić information content (AvgIpc) is 3.10. The highest BCUT2D eigenvalue weighted by Crippen LogP contribution is 2.32. The van der Waals surface area contributed by atoms with Gasteiger partial charge in [-0.2, -0.15) is 5.10 Å². The number of aliphatic hydroxyl groups excluding tert-OH is 1. The summed E-state index contributed by atoms with van der Waals surface area (Å²) in [6.07, 6.45) is 7.09. The van der Waals surface area contributed by atoms with Gasteiger partial charge in [0.05, 0.1) is 5.69 Å². The number of aryl methyl sites for hydroxylation is 2. The van der Waals surface area contributed by atoms with E-state index in [1.165, 1.54) is 37.1 Å². The van der Waals surface area contributed by atoms with Gasteiger partial charge in [-0.15, -0.1) is 0 Å². The maximum atomic E-state index is 9.10. The zero-order valence-electron chi connectivity index (χ0n) is 13.3. The van der Waals surface area contributed by atoms with Gasteiger partial charge in [0.1, 0.15) is 5.82 Å². The first-order valence-electron chi connectivity index (χ1n) is 8.34. The predicted molar refractivity (Wildman–Crippen MR) is 84.5 cm³/mol. The molecule has 5 nitrogen and oxygen atoms in total. The van der Waals surface area contributed by atoms with Crippen molar-refractivity contribution in [3.8, 4) is 0 Å². The quantitative estimate of drug-likeness (QED) is 0.803. The third kappa shape index (κ3) is 3.24. The average molecular weight is 292 g/mol. The molecule has 21 heavy (non-hydrogen) atoms. The second-order valence-corrected chi connectivity index (χ2v) is 6.52. The molecule has 2 heterocycles. The molecule has 0 spiro atoms. The second-order valence-electron chi connectivity index (χ2n) is 6.52. The van der Waals surface area contributed by atoms with Crippen molar-refractivity contribution >= 4 is 5.82 Å². The van der Waals surface area contributed by atoms with Crippen LogP contribution in [0, 0.1) is 6.92 Å². The number of nitrogens with zero attached hydrogens (tertiary/aromatic N) is 3. The number of aliphatic hydroxyl groups is 1. The van der Waals surface area contributed by atoms with Gasteiger partial charge in [-0.05, 0) is 45.4 Å². The predicted octanol–water partition coefficient (Wildman–Crippen LogP) is 1.72. The van der Waals surface area contributed by atoms with Crippen LogP contribution in [0.5, 0.6) is 0 Å². The van der Waals surface area contributed by atoms with Crippen LogP contribution in [0.25, 0.3) is 0 Å². The van der Waals surface area contributed by atoms with Gasteiger partial charge in [-0.1, -0.05) is 0 Å². The largest absolute Gasteiger partial charge is 0.396 e. The number of rotatable bonds is 7. The van der Waals surface area contributed by atoms with Gasteiger partial charge in [0.25, 0.3) is 0 Å². The number of anilines is 1. The Hall–Kier alpha value is -1.07. The van der Waals surface area contributed by atoms with Crippen LogP contribution >= 0.6 is 0 Å². The van der Waals surface area contributed by atoms with E-state index in [1.807, 2.05) is 0 Å². The Morgan fingerprint density at radius 1 is 1.33 bits per heavy atom. The van der Waals surface area contributed by atoms with E-state index in [-0.39, 0.29) is 0 Å². The van der Waals surface area contributed by atoms with Gasteiger partial charge in [0, 0.05) is 44.4 Å². The fourth-order valence-corrected chi connectivity index (χ4v) is 3.53. The van der Waals surface area contributed by atoms with Gasteiger partial charge in [-0.3, -0.25) is 4.68 Å². The van der Waals surface area contributed by atoms with E-state index in [2.05, 4.69) is 34.0 Å². The minimum absolute atomic E-state index is 0.296. The molecule has 0 radical (unpaired) electrons. The molecule has 0 bridgehead atoms. The molecule has 1 atom stereocenters. The van der Waals surface area contributed by atoms with E-state index >= 15 is 0 Å². The van der Waals surface area contributed by atoms with Gasteiger partial charge in [0.2, 0.25) is 0 Å². The summed E-state index contributed by atoms with van der Waals surface area (Å²) in [5, 5.41) is 17.4. The minimum atomic E-state index is 0.296. The molecule has 1 aromatic heterocycles. The topological polar surface area (TPSA) is 53.3 Å². The molecule has 0 amide bonds. The van der Waals surface area contributed by atoms with Crippen molar-refractivity contribution in [1.82, 2.24) is 15.1 Å². The lowest BCUT2D eigenvalue weighted by atomic mass is 10.1. The third-order valence-corrected chi connectivity index (χ3v) is 4.80. The molecular weight excluding hydrogens is 264 g/mol. The van der Waals surface area contributed by atoms with Crippen molar-refractivity contribution < 1.29 is 5.11 Å². The third-order valence-electron chi connectivity index (χ3n) is 4.80. The van der Waals surface area contributed by atoms with Gasteiger partial charge >= 0.3 is 0 Å². The molecule has 3 rings (SSSR count). The van der Waals surface area contributed by atoms with Crippen LogP contribution in [0.2, 0.25) is 0 Å². The van der Waals surface area contributed by atoms with Crippen LogP contribution in [0.1, 0.15) is 49.8 Å². The fraction of sp³-hybridized carbons (Fsp3) is 0.812. The molecular formula is C16H28N4O. The van der Waals surface area contributed by atoms with Crippen LogP contribution in [0.3, 0.4) is 0 Å². The molecule has 1 saturated heterocycles. The lowest BCUT2D eigenvalue weighted by Gasteiger charge is -2.28. The van der Waals surface area contributed by atoms with Crippen LogP contribution in [-0.4, -0.2) is 40.1 Å². The zero-order chi connectivity index (χ0) is 14.8. The summed E-state index contributed by atoms with van der Waals surface area (Å²) in [6.45, 7) is 4.46. The Morgan fingerprint density at radius 3 is 2.86 bits per heavy atom. The maximum Gasteiger partial charge on any atom is 0.131 e. The standard InChI is InChI=1S/C16H28N4O/c1-12-15(11-17-13-7-8-13)16(19(2)18-12)20-9-3-5-14(20)6-4-10-21/h13-14,17,21H,3-11H2,1-2H3. The van der Waals surface area contributed by atoms with E-state index in [0.29, 0.717) is 12.6 Å². The van der Waals surface area contributed by atoms with Crippen molar-refractivity contribution in [2.45, 2.75) is 64.1 Å². The first-order valence-corrected chi connectivity index (χ1v) is 8.34. The van der Waals surface area contributed by atoms with Crippen LogP contribution < -0.4 is 10.2 Å². The molecule has 1 aliphatic carbocycles. The van der Waals surface area contributed by atoms with E-state index in [0.717, 1.165) is 37.7 Å². The van der Waals surface area contributed by atoms with E-state index in [1.54, 1.807) is 0 Å². The van der Waals surface area contributed by atoms with Crippen LogP contribution in [0.4, 0.5) is 5.82 Å². The summed E-state index contributed by atoms with van der Waals surface area (Å²) in [6, 6.07) is 1.29. The Bertz CT molecular complexity index is 481. The second kappa shape index (κ2) is 6.36. The van der Waals surface area contributed by atoms with E-state index < -0.39 is 0 Å². The minimum Gasteiger partial charge on any atom is -0.396 e. The number of nitrogens with one attached hydrogen (secondary N) is 1. The summed E-state index contributed by atoms with van der Waals surface area (Å²) in [5.41, 5.74) is 2.51. The molecule has 2 fully saturated rings. The molecule has 1 saturated carbocycles.